The summed E-state index contributed by atoms with van der Waals surface area (Å²) >= 11 is 0. The Morgan fingerprint density at radius 2 is 1.31 bits per heavy atom. The molecule has 4 nitrogen and oxygen atoms in total. The lowest BCUT2D eigenvalue weighted by Gasteiger charge is -2.12. The minimum absolute atomic E-state index is 0.619. The van der Waals surface area contributed by atoms with E-state index in [0.29, 0.717) is 5.92 Å². The van der Waals surface area contributed by atoms with E-state index >= 15 is 0 Å². The molecule has 1 atom stereocenters. The Bertz CT molecular complexity index is 1830. The Morgan fingerprint density at radius 1 is 0.686 bits per heavy atom. The molecule has 2 aliphatic rings. The molecule has 51 heavy (non-hydrogen) atoms. The highest BCUT2D eigenvalue weighted by Crippen LogP contribution is 2.37. The minimum atomic E-state index is 0.619. The monoisotopic (exact) mass is 688 g/mol. The zero-order valence-electron chi connectivity index (χ0n) is 33.4. The summed E-state index contributed by atoms with van der Waals surface area (Å²) < 4.78 is 11.3. The van der Waals surface area contributed by atoms with E-state index in [0.717, 1.165) is 43.1 Å². The van der Waals surface area contributed by atoms with Gasteiger partial charge in [-0.3, -0.25) is 4.98 Å². The van der Waals surface area contributed by atoms with Gasteiger partial charge in [0.2, 0.25) is 0 Å². The zero-order valence-corrected chi connectivity index (χ0v) is 33.4. The fourth-order valence-corrected chi connectivity index (χ4v) is 5.89. The van der Waals surface area contributed by atoms with Gasteiger partial charge >= 0.3 is 0 Å². The fraction of sp³-hybridized carbons (Fsp3) is 0.383. The maximum atomic E-state index is 5.65. The first-order valence-electron chi connectivity index (χ1n) is 19.4. The molecule has 2 aromatic heterocycles. The highest BCUT2D eigenvalue weighted by molar-refractivity contribution is 5.95. The second-order valence-electron chi connectivity index (χ2n) is 11.7. The number of nitrogens with zero attached hydrogens (tertiary/aromatic N) is 1. The summed E-state index contributed by atoms with van der Waals surface area (Å²) in [6.07, 6.45) is 8.34. The molecule has 6 aromatic rings. The Labute approximate surface area is 309 Å². The molecule has 1 N–H and O–H groups in total. The van der Waals surface area contributed by atoms with Gasteiger partial charge in [-0.25, -0.2) is 0 Å². The molecule has 274 valence electrons. The highest BCUT2D eigenvalue weighted by atomic mass is 16.5. The molecular weight excluding hydrogens is 625 g/mol. The van der Waals surface area contributed by atoms with Crippen LogP contribution in [0.3, 0.4) is 0 Å². The van der Waals surface area contributed by atoms with Crippen molar-refractivity contribution >= 4 is 21.8 Å². The van der Waals surface area contributed by atoms with E-state index in [1.807, 2.05) is 60.0 Å². The topological polar surface area (TPSA) is 47.1 Å². The molecule has 0 saturated carbocycles. The van der Waals surface area contributed by atoms with Crippen LogP contribution in [-0.2, 0) is 12.8 Å². The lowest BCUT2D eigenvalue weighted by Crippen LogP contribution is -1.95. The SMILES string of the molecule is CC.CC.CC.CCC.CCC(C)c1cccc2c1OCC2.Cc1cccc2cccnc12.c1cc2c(c(-c3cccc4cc[nH]c34)c1)CCO2. The number of fused-ring (bicyclic) bond motifs is 4. The molecule has 0 saturated heterocycles. The fourth-order valence-electron chi connectivity index (χ4n) is 5.89. The Morgan fingerprint density at radius 3 is 2.04 bits per heavy atom. The molecule has 0 aliphatic carbocycles. The molecule has 1 unspecified atom stereocenters. The van der Waals surface area contributed by atoms with Crippen molar-refractivity contribution in [2.45, 2.75) is 108 Å². The molecule has 8 rings (SSSR count). The maximum absolute atomic E-state index is 5.65. The van der Waals surface area contributed by atoms with Gasteiger partial charge < -0.3 is 14.5 Å². The highest BCUT2D eigenvalue weighted by Gasteiger charge is 2.19. The van der Waals surface area contributed by atoms with Crippen molar-refractivity contribution in [2.24, 2.45) is 0 Å². The number of aromatic amines is 1. The minimum Gasteiger partial charge on any atom is -0.493 e. The molecule has 4 heterocycles. The third kappa shape index (κ3) is 11.5. The van der Waals surface area contributed by atoms with Gasteiger partial charge in [0.15, 0.2) is 0 Å². The maximum Gasteiger partial charge on any atom is 0.126 e. The number of nitrogens with one attached hydrogen (secondary N) is 1. The van der Waals surface area contributed by atoms with Crippen LogP contribution >= 0.6 is 0 Å². The standard InChI is InChI=1S/C16H13NO.C12H16O.C10H9N.C3H8.3C2H6/c1-3-11-7-9-17-16(11)14(5-1)12-4-2-6-15-13(12)8-10-18-15;1-3-9(2)11-6-4-5-10-7-8-13-12(10)11;1-8-4-2-5-9-6-3-7-11-10(8)9;1-3-2;3*1-2/h1-7,9,17H,8,10H2;4-6,9H,3,7-8H2,1-2H3;2-7H,1H3;3H2,1-2H3;3*1-2H3. The first-order chi connectivity index (χ1) is 25.0. The third-order valence-corrected chi connectivity index (χ3v) is 8.34. The average molecular weight is 689 g/mol. The zero-order chi connectivity index (χ0) is 37.6. The Hall–Kier alpha value is -4.57. The molecular formula is C47H64N2O2. The van der Waals surface area contributed by atoms with E-state index < -0.39 is 0 Å². The summed E-state index contributed by atoms with van der Waals surface area (Å²) in [5.41, 5.74) is 10.2. The molecule has 0 radical (unpaired) electrons. The van der Waals surface area contributed by atoms with Crippen molar-refractivity contribution in [2.75, 3.05) is 13.2 Å². The molecule has 0 bridgehead atoms. The first kappa shape index (κ1) is 42.6. The molecule has 0 fully saturated rings. The summed E-state index contributed by atoms with van der Waals surface area (Å²) in [5, 5.41) is 2.47. The Kier molecular flexibility index (Phi) is 19.8. The summed E-state index contributed by atoms with van der Waals surface area (Å²) in [6.45, 7) is 24.5. The van der Waals surface area contributed by atoms with Crippen LogP contribution in [-0.4, -0.2) is 23.2 Å². The number of hydrogen-bond donors (Lipinski definition) is 1. The number of pyridine rings is 1. The number of rotatable bonds is 3. The van der Waals surface area contributed by atoms with Crippen molar-refractivity contribution in [3.8, 4) is 22.6 Å². The van der Waals surface area contributed by atoms with Gasteiger partial charge in [0.05, 0.1) is 24.2 Å². The predicted octanol–water partition coefficient (Wildman–Crippen LogP) is 13.9. The number of aryl methyl sites for hydroxylation is 1. The normalized spacial score (nSPS) is 11.9. The van der Waals surface area contributed by atoms with Crippen LogP contribution in [0.5, 0.6) is 11.5 Å². The summed E-state index contributed by atoms with van der Waals surface area (Å²) in [6, 6.07) is 31.6. The quantitative estimate of drug-likeness (QED) is 0.201. The van der Waals surface area contributed by atoms with Gasteiger partial charge in [-0.1, -0.05) is 148 Å². The van der Waals surface area contributed by atoms with Crippen molar-refractivity contribution in [1.82, 2.24) is 9.97 Å². The molecule has 0 spiro atoms. The van der Waals surface area contributed by atoms with Crippen molar-refractivity contribution in [3.05, 3.63) is 126 Å². The smallest absolute Gasteiger partial charge is 0.126 e. The molecule has 0 amide bonds. The predicted molar refractivity (Wildman–Crippen MR) is 224 cm³/mol. The van der Waals surface area contributed by atoms with Crippen LogP contribution in [0.4, 0.5) is 0 Å². The van der Waals surface area contributed by atoms with Gasteiger partial charge in [-0.2, -0.15) is 0 Å². The molecule has 4 aromatic carbocycles. The van der Waals surface area contributed by atoms with E-state index in [9.17, 15) is 0 Å². The third-order valence-electron chi connectivity index (χ3n) is 8.34. The number of benzene rings is 4. The van der Waals surface area contributed by atoms with Crippen molar-refractivity contribution < 1.29 is 9.47 Å². The summed E-state index contributed by atoms with van der Waals surface area (Å²) in [4.78, 5) is 7.62. The van der Waals surface area contributed by atoms with Crippen molar-refractivity contribution in [1.29, 1.82) is 0 Å². The van der Waals surface area contributed by atoms with E-state index in [1.165, 1.54) is 62.5 Å². The second kappa shape index (κ2) is 23.8. The van der Waals surface area contributed by atoms with Crippen LogP contribution in [0.2, 0.25) is 0 Å². The van der Waals surface area contributed by atoms with Crippen LogP contribution in [0, 0.1) is 6.92 Å². The van der Waals surface area contributed by atoms with E-state index in [4.69, 9.17) is 9.47 Å². The van der Waals surface area contributed by atoms with Crippen LogP contribution in [0.25, 0.3) is 32.9 Å². The van der Waals surface area contributed by atoms with Crippen LogP contribution in [0.1, 0.15) is 110 Å². The van der Waals surface area contributed by atoms with E-state index in [1.54, 1.807) is 0 Å². The lowest BCUT2D eigenvalue weighted by molar-refractivity contribution is 0.351. The van der Waals surface area contributed by atoms with Crippen LogP contribution < -0.4 is 9.47 Å². The van der Waals surface area contributed by atoms with Gasteiger partial charge in [0.25, 0.3) is 0 Å². The number of aromatic nitrogens is 2. The van der Waals surface area contributed by atoms with Gasteiger partial charge in [-0.05, 0) is 65.1 Å². The Balaban J connectivity index is 0.000000244. The number of para-hydroxylation sites is 3. The molecule has 2 aliphatic heterocycles. The summed E-state index contributed by atoms with van der Waals surface area (Å²) in [7, 11) is 0. The first-order valence-corrected chi connectivity index (χ1v) is 19.4. The second-order valence-corrected chi connectivity index (χ2v) is 11.7. The van der Waals surface area contributed by atoms with E-state index in [-0.39, 0.29) is 0 Å². The van der Waals surface area contributed by atoms with Gasteiger partial charge in [0, 0.05) is 41.7 Å². The number of hydrogen-bond acceptors (Lipinski definition) is 3. The van der Waals surface area contributed by atoms with Crippen LogP contribution in [0.15, 0.2) is 103 Å². The number of H-pyrrole nitrogens is 1. The average Bonchev–Trinajstić information content (AvgIpc) is 3.99. The number of ether oxygens (including phenoxy) is 2. The lowest BCUT2D eigenvalue weighted by atomic mass is 9.95. The largest absolute Gasteiger partial charge is 0.493 e. The summed E-state index contributed by atoms with van der Waals surface area (Å²) in [5.74, 6) is 2.82. The molecule has 4 heteroatoms. The van der Waals surface area contributed by atoms with Gasteiger partial charge in [-0.15, -0.1) is 0 Å². The van der Waals surface area contributed by atoms with E-state index in [2.05, 4.69) is 130 Å². The van der Waals surface area contributed by atoms with Crippen molar-refractivity contribution in [3.63, 3.8) is 0 Å². The van der Waals surface area contributed by atoms with Gasteiger partial charge in [0.1, 0.15) is 11.5 Å².